The van der Waals surface area contributed by atoms with Gasteiger partial charge in [0.05, 0.1) is 18.8 Å². The molecule has 0 bridgehead atoms. The van der Waals surface area contributed by atoms with Gasteiger partial charge in [-0.05, 0) is 18.2 Å². The number of nitrogens with one attached hydrogen (secondary N) is 2. The lowest BCUT2D eigenvalue weighted by Crippen LogP contribution is -2.15. The number of carbonyl (C=O) groups is 1. The number of aromatic nitrogens is 4. The number of carbonyl (C=O) groups excluding carboxylic acids is 1. The summed E-state index contributed by atoms with van der Waals surface area (Å²) in [7, 11) is 3.17. The molecule has 1 aromatic carbocycles. The molecule has 4 N–H and O–H groups in total. The quantitative estimate of drug-likeness (QED) is 0.635. The molecule has 1 atom stereocenters. The van der Waals surface area contributed by atoms with Crippen LogP contribution in [-0.4, -0.2) is 33.0 Å². The Morgan fingerprint density at radius 1 is 1.38 bits per heavy atom. The van der Waals surface area contributed by atoms with E-state index in [1.54, 1.807) is 28.9 Å². The number of anilines is 1. The molecule has 8 nitrogen and oxygen atoms in total. The summed E-state index contributed by atoms with van der Waals surface area (Å²) in [5.41, 5.74) is 9.12. The number of imidazole rings is 1. The SMILES string of the molecule is COC(=O)Nc1ccc(-c2nc(C(N)Cc3ccn(C)n3)[nH]c2Cl)cc1. The van der Waals surface area contributed by atoms with Crippen molar-refractivity contribution in [2.24, 2.45) is 12.8 Å². The summed E-state index contributed by atoms with van der Waals surface area (Å²) in [6.45, 7) is 0. The first-order valence-corrected chi connectivity index (χ1v) is 8.29. The second kappa shape index (κ2) is 7.59. The van der Waals surface area contributed by atoms with Gasteiger partial charge < -0.3 is 15.5 Å². The van der Waals surface area contributed by atoms with Crippen molar-refractivity contribution < 1.29 is 9.53 Å². The van der Waals surface area contributed by atoms with E-state index in [1.165, 1.54) is 7.11 Å². The van der Waals surface area contributed by atoms with E-state index in [2.05, 4.69) is 25.1 Å². The fourth-order valence-electron chi connectivity index (χ4n) is 2.51. The van der Waals surface area contributed by atoms with Crippen molar-refractivity contribution in [3.8, 4) is 11.3 Å². The second-order valence-corrected chi connectivity index (χ2v) is 6.15. The van der Waals surface area contributed by atoms with Crippen LogP contribution in [-0.2, 0) is 18.2 Å². The van der Waals surface area contributed by atoms with Crippen LogP contribution in [0.2, 0.25) is 5.15 Å². The van der Waals surface area contributed by atoms with Gasteiger partial charge in [-0.3, -0.25) is 10.00 Å². The van der Waals surface area contributed by atoms with Crippen LogP contribution in [0.3, 0.4) is 0 Å². The van der Waals surface area contributed by atoms with Crippen LogP contribution in [0.15, 0.2) is 36.5 Å². The molecule has 3 aromatic rings. The molecular weight excluding hydrogens is 356 g/mol. The highest BCUT2D eigenvalue weighted by Gasteiger charge is 2.17. The molecule has 0 saturated carbocycles. The Labute approximate surface area is 155 Å². The topological polar surface area (TPSA) is 111 Å². The maximum Gasteiger partial charge on any atom is 0.411 e. The van der Waals surface area contributed by atoms with Crippen molar-refractivity contribution in [3.63, 3.8) is 0 Å². The van der Waals surface area contributed by atoms with Gasteiger partial charge in [0.15, 0.2) is 0 Å². The average molecular weight is 375 g/mol. The van der Waals surface area contributed by atoms with Gasteiger partial charge in [-0.25, -0.2) is 9.78 Å². The highest BCUT2D eigenvalue weighted by atomic mass is 35.5. The standard InChI is InChI=1S/C17H19ClN6O2/c1-24-8-7-12(23-24)9-13(19)16-21-14(15(18)22-16)10-3-5-11(6-4-10)20-17(25)26-2/h3-8,13H,9,19H2,1-2H3,(H,20,25)(H,21,22). The van der Waals surface area contributed by atoms with Gasteiger partial charge in [0, 0.05) is 30.9 Å². The number of hydrogen-bond donors (Lipinski definition) is 3. The molecule has 2 heterocycles. The van der Waals surface area contributed by atoms with Crippen LogP contribution < -0.4 is 11.1 Å². The number of hydrogen-bond acceptors (Lipinski definition) is 5. The minimum Gasteiger partial charge on any atom is -0.453 e. The number of nitrogens with two attached hydrogens (primary N) is 1. The number of halogens is 1. The van der Waals surface area contributed by atoms with Crippen LogP contribution in [0.4, 0.5) is 10.5 Å². The lowest BCUT2D eigenvalue weighted by Gasteiger charge is -2.06. The van der Waals surface area contributed by atoms with Crippen molar-refractivity contribution >= 4 is 23.4 Å². The van der Waals surface area contributed by atoms with E-state index in [0.29, 0.717) is 28.8 Å². The van der Waals surface area contributed by atoms with Gasteiger partial charge in [-0.1, -0.05) is 23.7 Å². The largest absolute Gasteiger partial charge is 0.453 e. The van der Waals surface area contributed by atoms with E-state index >= 15 is 0 Å². The lowest BCUT2D eigenvalue weighted by molar-refractivity contribution is 0.187. The Hall–Kier alpha value is -2.84. The van der Waals surface area contributed by atoms with Crippen LogP contribution in [0.1, 0.15) is 17.6 Å². The fraction of sp³-hybridized carbons (Fsp3) is 0.235. The predicted molar refractivity (Wildman–Crippen MR) is 98.9 cm³/mol. The molecule has 0 aliphatic carbocycles. The first kappa shape index (κ1) is 18.0. The Bertz CT molecular complexity index is 902. The summed E-state index contributed by atoms with van der Waals surface area (Å²) in [5, 5.41) is 7.32. The number of nitrogens with zero attached hydrogens (tertiary/aromatic N) is 3. The van der Waals surface area contributed by atoms with E-state index in [9.17, 15) is 4.79 Å². The normalized spacial score (nSPS) is 12.0. The molecule has 9 heteroatoms. The van der Waals surface area contributed by atoms with Crippen molar-refractivity contribution in [3.05, 3.63) is 53.2 Å². The molecule has 0 spiro atoms. The van der Waals surface area contributed by atoms with E-state index in [-0.39, 0.29) is 6.04 Å². The molecule has 2 aromatic heterocycles. The van der Waals surface area contributed by atoms with Gasteiger partial charge in [-0.15, -0.1) is 0 Å². The van der Waals surface area contributed by atoms with Crippen LogP contribution in [0, 0.1) is 0 Å². The molecule has 0 radical (unpaired) electrons. The minimum absolute atomic E-state index is 0.351. The van der Waals surface area contributed by atoms with E-state index in [1.807, 2.05) is 19.3 Å². The lowest BCUT2D eigenvalue weighted by atomic mass is 10.1. The Balaban J connectivity index is 1.76. The van der Waals surface area contributed by atoms with Crippen molar-refractivity contribution in [1.29, 1.82) is 0 Å². The third-order valence-corrected chi connectivity index (χ3v) is 4.09. The maximum absolute atomic E-state index is 11.2. The summed E-state index contributed by atoms with van der Waals surface area (Å²) in [6, 6.07) is 8.66. The van der Waals surface area contributed by atoms with Gasteiger partial charge in [0.1, 0.15) is 16.7 Å². The van der Waals surface area contributed by atoms with Gasteiger partial charge in [0.2, 0.25) is 0 Å². The summed E-state index contributed by atoms with van der Waals surface area (Å²) in [4.78, 5) is 18.8. The van der Waals surface area contributed by atoms with Crippen molar-refractivity contribution in [1.82, 2.24) is 19.7 Å². The van der Waals surface area contributed by atoms with Crippen LogP contribution in [0.5, 0.6) is 0 Å². The number of rotatable bonds is 5. The van der Waals surface area contributed by atoms with Crippen molar-refractivity contribution in [2.45, 2.75) is 12.5 Å². The fourth-order valence-corrected chi connectivity index (χ4v) is 2.76. The third-order valence-electron chi connectivity index (χ3n) is 3.82. The molecule has 1 amide bonds. The maximum atomic E-state index is 11.2. The molecular formula is C17H19ClN6O2. The zero-order valence-electron chi connectivity index (χ0n) is 14.4. The van der Waals surface area contributed by atoms with Gasteiger partial charge in [0.25, 0.3) is 0 Å². The monoisotopic (exact) mass is 374 g/mol. The molecule has 0 saturated heterocycles. The van der Waals surface area contributed by atoms with Crippen molar-refractivity contribution in [2.75, 3.05) is 12.4 Å². The molecule has 136 valence electrons. The van der Waals surface area contributed by atoms with Crippen LogP contribution >= 0.6 is 11.6 Å². The third kappa shape index (κ3) is 4.04. The summed E-state index contributed by atoms with van der Waals surface area (Å²) < 4.78 is 6.29. The molecule has 26 heavy (non-hydrogen) atoms. The molecule has 0 aliphatic rings. The second-order valence-electron chi connectivity index (χ2n) is 5.77. The number of aryl methyl sites for hydroxylation is 1. The number of methoxy groups -OCH3 is 1. The highest BCUT2D eigenvalue weighted by molar-refractivity contribution is 6.31. The number of amides is 1. The average Bonchev–Trinajstić information content (AvgIpc) is 3.21. The number of H-pyrrole nitrogens is 1. The Morgan fingerprint density at radius 3 is 2.73 bits per heavy atom. The zero-order chi connectivity index (χ0) is 18.7. The summed E-state index contributed by atoms with van der Waals surface area (Å²) in [6.07, 6.45) is 1.89. The number of aromatic amines is 1. The minimum atomic E-state index is -0.529. The van der Waals surface area contributed by atoms with E-state index in [0.717, 1.165) is 11.3 Å². The van der Waals surface area contributed by atoms with E-state index in [4.69, 9.17) is 17.3 Å². The predicted octanol–water partition coefficient (Wildman–Crippen LogP) is 2.88. The Morgan fingerprint density at radius 2 is 2.12 bits per heavy atom. The molecule has 1 unspecified atom stereocenters. The van der Waals surface area contributed by atoms with Crippen LogP contribution in [0.25, 0.3) is 11.3 Å². The number of benzene rings is 1. The first-order chi connectivity index (χ1) is 12.5. The molecule has 0 aliphatic heterocycles. The summed E-state index contributed by atoms with van der Waals surface area (Å²) in [5.74, 6) is 0.590. The van der Waals surface area contributed by atoms with Gasteiger partial charge >= 0.3 is 6.09 Å². The zero-order valence-corrected chi connectivity index (χ0v) is 15.1. The van der Waals surface area contributed by atoms with Gasteiger partial charge in [-0.2, -0.15) is 5.10 Å². The van der Waals surface area contributed by atoms with E-state index < -0.39 is 6.09 Å². The number of ether oxygens (including phenoxy) is 1. The molecule has 3 rings (SSSR count). The molecule has 0 fully saturated rings. The smallest absolute Gasteiger partial charge is 0.411 e. The highest BCUT2D eigenvalue weighted by Crippen LogP contribution is 2.28. The summed E-state index contributed by atoms with van der Waals surface area (Å²) >= 11 is 6.29. The first-order valence-electron chi connectivity index (χ1n) is 7.91. The Kier molecular flexibility index (Phi) is 5.24.